The molecule has 1 nitrogen and oxygen atoms in total. The molecule has 0 atom stereocenters. The Morgan fingerprint density at radius 2 is 2.13 bits per heavy atom. The Kier molecular flexibility index (Phi) is 3.00. The molecular weight excluding hydrogens is 184 g/mol. The zero-order chi connectivity index (χ0) is 10.7. The fourth-order valence-corrected chi connectivity index (χ4v) is 2.12. The molecule has 0 heterocycles. The third-order valence-electron chi connectivity index (χ3n) is 2.91. The van der Waals surface area contributed by atoms with E-state index in [0.29, 0.717) is 12.2 Å². The highest BCUT2D eigenvalue weighted by Gasteiger charge is 2.12. The first-order valence-electron chi connectivity index (χ1n) is 5.54. The molecule has 15 heavy (non-hydrogen) atoms. The highest BCUT2D eigenvalue weighted by Crippen LogP contribution is 2.30. The second-order valence-electron chi connectivity index (χ2n) is 4.15. The van der Waals surface area contributed by atoms with Crippen molar-refractivity contribution in [3.05, 3.63) is 41.5 Å². The summed E-state index contributed by atoms with van der Waals surface area (Å²) in [5.74, 6) is 0.293. The molecule has 78 valence electrons. The van der Waals surface area contributed by atoms with Crippen LogP contribution in [0, 0.1) is 0 Å². The number of carbonyl (C=O) groups excluding carboxylic acids is 1. The Balaban J connectivity index is 1.98. The monoisotopic (exact) mass is 200 g/mol. The molecule has 0 radical (unpaired) electrons. The molecule has 0 unspecified atom stereocenters. The van der Waals surface area contributed by atoms with E-state index < -0.39 is 0 Å². The van der Waals surface area contributed by atoms with Gasteiger partial charge in [-0.2, -0.15) is 0 Å². The lowest BCUT2D eigenvalue weighted by molar-refractivity contribution is -0.117. The lowest BCUT2D eigenvalue weighted by Crippen LogP contribution is -1.90. The maximum absolute atomic E-state index is 10.8. The first kappa shape index (κ1) is 10.2. The molecule has 0 spiro atoms. The summed E-state index contributed by atoms with van der Waals surface area (Å²) in [6.07, 6.45) is 6.09. The Labute approximate surface area is 90.8 Å². The zero-order valence-corrected chi connectivity index (χ0v) is 9.12. The van der Waals surface area contributed by atoms with Crippen LogP contribution in [0.2, 0.25) is 0 Å². The van der Waals surface area contributed by atoms with Crippen LogP contribution in [0.5, 0.6) is 0 Å². The van der Waals surface area contributed by atoms with Gasteiger partial charge in [0.15, 0.2) is 0 Å². The van der Waals surface area contributed by atoms with Crippen LogP contribution in [0.3, 0.4) is 0 Å². The van der Waals surface area contributed by atoms with Crippen LogP contribution in [0.1, 0.15) is 37.3 Å². The smallest absolute Gasteiger partial charge is 0.129 e. The van der Waals surface area contributed by atoms with Gasteiger partial charge in [0.2, 0.25) is 0 Å². The molecule has 0 aliphatic heterocycles. The number of benzene rings is 1. The van der Waals surface area contributed by atoms with E-state index >= 15 is 0 Å². The van der Waals surface area contributed by atoms with Crippen molar-refractivity contribution in [2.45, 2.75) is 32.6 Å². The van der Waals surface area contributed by atoms with Gasteiger partial charge in [-0.15, -0.1) is 0 Å². The molecule has 0 N–H and O–H groups in total. The van der Waals surface area contributed by atoms with Crippen molar-refractivity contribution in [2.24, 2.45) is 0 Å². The molecule has 0 saturated heterocycles. The summed E-state index contributed by atoms with van der Waals surface area (Å²) in [6, 6.07) is 8.54. The normalized spacial score (nSPS) is 13.5. The van der Waals surface area contributed by atoms with Gasteiger partial charge in [0.25, 0.3) is 0 Å². The molecule has 1 aromatic rings. The minimum atomic E-state index is 0.293. The number of fused-ring (bicyclic) bond motifs is 1. The Morgan fingerprint density at radius 1 is 1.33 bits per heavy atom. The van der Waals surface area contributed by atoms with Gasteiger partial charge < -0.3 is 4.79 Å². The van der Waals surface area contributed by atoms with Crippen LogP contribution in [0.25, 0.3) is 5.57 Å². The summed E-state index contributed by atoms with van der Waals surface area (Å²) in [4.78, 5) is 10.8. The minimum absolute atomic E-state index is 0.293. The van der Waals surface area contributed by atoms with Crippen molar-refractivity contribution in [1.29, 1.82) is 0 Å². The number of carbonyl (C=O) groups is 1. The third-order valence-corrected chi connectivity index (χ3v) is 2.91. The fraction of sp³-hybridized carbons (Fsp3) is 0.357. The Morgan fingerprint density at radius 3 is 2.93 bits per heavy atom. The average molecular weight is 200 g/mol. The van der Waals surface area contributed by atoms with E-state index in [0.717, 1.165) is 19.3 Å². The molecule has 1 aliphatic carbocycles. The van der Waals surface area contributed by atoms with E-state index in [-0.39, 0.29) is 0 Å². The van der Waals surface area contributed by atoms with E-state index in [9.17, 15) is 4.79 Å². The van der Waals surface area contributed by atoms with Gasteiger partial charge in [0.1, 0.15) is 5.78 Å². The zero-order valence-electron chi connectivity index (χ0n) is 9.12. The first-order valence-corrected chi connectivity index (χ1v) is 5.54. The molecule has 1 aromatic carbocycles. The topological polar surface area (TPSA) is 17.1 Å². The van der Waals surface area contributed by atoms with Crippen LogP contribution in [-0.2, 0) is 11.2 Å². The molecule has 1 aliphatic rings. The van der Waals surface area contributed by atoms with E-state index in [2.05, 4.69) is 30.3 Å². The number of Topliss-reactive ketones (excluding diaryl/α,β-unsaturated/α-hetero) is 1. The van der Waals surface area contributed by atoms with Crippen LogP contribution < -0.4 is 0 Å². The van der Waals surface area contributed by atoms with Crippen LogP contribution >= 0.6 is 0 Å². The minimum Gasteiger partial charge on any atom is -0.300 e. The van der Waals surface area contributed by atoms with Crippen molar-refractivity contribution in [3.8, 4) is 0 Å². The van der Waals surface area contributed by atoms with E-state index in [1.807, 2.05) is 0 Å². The van der Waals surface area contributed by atoms with Gasteiger partial charge in [0, 0.05) is 6.42 Å². The maximum Gasteiger partial charge on any atom is 0.129 e. The van der Waals surface area contributed by atoms with Gasteiger partial charge in [0.05, 0.1) is 0 Å². The molecule has 0 aromatic heterocycles. The maximum atomic E-state index is 10.8. The Bertz CT molecular complexity index is 402. The molecule has 0 amide bonds. The van der Waals surface area contributed by atoms with Crippen molar-refractivity contribution in [2.75, 3.05) is 0 Å². The number of hydrogen-bond acceptors (Lipinski definition) is 1. The second kappa shape index (κ2) is 4.43. The number of allylic oxidation sites excluding steroid dienone is 2. The molecule has 1 heteroatoms. The molecular formula is C14H16O. The number of rotatable bonds is 4. The van der Waals surface area contributed by atoms with Gasteiger partial charge >= 0.3 is 0 Å². The first-order chi connectivity index (χ1) is 7.27. The predicted molar refractivity (Wildman–Crippen MR) is 62.7 cm³/mol. The number of ketones is 1. The lowest BCUT2D eigenvalue weighted by atomic mass is 10.0. The fourth-order valence-electron chi connectivity index (χ4n) is 2.12. The van der Waals surface area contributed by atoms with E-state index in [1.165, 1.54) is 16.7 Å². The molecule has 0 saturated carbocycles. The van der Waals surface area contributed by atoms with Gasteiger partial charge in [-0.05, 0) is 42.9 Å². The average Bonchev–Trinajstić information content (AvgIpc) is 2.62. The summed E-state index contributed by atoms with van der Waals surface area (Å²) in [6.45, 7) is 1.66. The van der Waals surface area contributed by atoms with Crippen molar-refractivity contribution in [3.63, 3.8) is 0 Å². The summed E-state index contributed by atoms with van der Waals surface area (Å²) in [5.41, 5.74) is 4.24. The van der Waals surface area contributed by atoms with E-state index in [4.69, 9.17) is 0 Å². The Hall–Kier alpha value is -1.37. The lowest BCUT2D eigenvalue weighted by Gasteiger charge is -2.04. The van der Waals surface area contributed by atoms with Gasteiger partial charge in [-0.25, -0.2) is 0 Å². The van der Waals surface area contributed by atoms with Crippen LogP contribution in [-0.4, -0.2) is 5.78 Å². The molecule has 0 bridgehead atoms. The van der Waals surface area contributed by atoms with Gasteiger partial charge in [-0.1, -0.05) is 30.3 Å². The summed E-state index contributed by atoms with van der Waals surface area (Å²) >= 11 is 0. The SMILES string of the molecule is CC(=O)CCCC1=CCc2ccccc21. The highest BCUT2D eigenvalue weighted by molar-refractivity contribution is 5.76. The summed E-state index contributed by atoms with van der Waals surface area (Å²) in [7, 11) is 0. The number of hydrogen-bond donors (Lipinski definition) is 0. The predicted octanol–water partition coefficient (Wildman–Crippen LogP) is 3.39. The standard InChI is InChI=1S/C14H16O/c1-11(15)5-4-7-13-10-9-12-6-2-3-8-14(12)13/h2-3,6,8,10H,4-5,7,9H2,1H3. The van der Waals surface area contributed by atoms with Crippen LogP contribution in [0.15, 0.2) is 30.3 Å². The van der Waals surface area contributed by atoms with Crippen molar-refractivity contribution >= 4 is 11.4 Å². The van der Waals surface area contributed by atoms with E-state index in [1.54, 1.807) is 6.92 Å². The summed E-state index contributed by atoms with van der Waals surface area (Å²) < 4.78 is 0. The quantitative estimate of drug-likeness (QED) is 0.728. The highest BCUT2D eigenvalue weighted by atomic mass is 16.1. The van der Waals surface area contributed by atoms with Crippen molar-refractivity contribution in [1.82, 2.24) is 0 Å². The largest absolute Gasteiger partial charge is 0.300 e. The van der Waals surface area contributed by atoms with Gasteiger partial charge in [-0.3, -0.25) is 0 Å². The van der Waals surface area contributed by atoms with Crippen molar-refractivity contribution < 1.29 is 4.79 Å². The third kappa shape index (κ3) is 2.35. The van der Waals surface area contributed by atoms with Crippen LogP contribution in [0.4, 0.5) is 0 Å². The second-order valence-corrected chi connectivity index (χ2v) is 4.15. The molecule has 0 fully saturated rings. The summed E-state index contributed by atoms with van der Waals surface area (Å²) in [5, 5.41) is 0. The molecule has 2 rings (SSSR count).